The van der Waals surface area contributed by atoms with Crippen LogP contribution in [0, 0.1) is 52.3 Å². The molecule has 3 saturated carbocycles. The van der Waals surface area contributed by atoms with Crippen molar-refractivity contribution in [3.63, 3.8) is 0 Å². The van der Waals surface area contributed by atoms with Crippen molar-refractivity contribution in [1.29, 1.82) is 5.26 Å². The van der Waals surface area contributed by atoms with E-state index in [0.717, 1.165) is 42.4 Å². The molecule has 3 aliphatic carbocycles. The van der Waals surface area contributed by atoms with Crippen LogP contribution < -0.4 is 0 Å². The van der Waals surface area contributed by atoms with Crippen molar-refractivity contribution >= 4 is 0 Å². The first kappa shape index (κ1) is 14.4. The van der Waals surface area contributed by atoms with Crippen molar-refractivity contribution < 1.29 is 5.11 Å². The summed E-state index contributed by atoms with van der Waals surface area (Å²) in [4.78, 5) is 0. The second-order valence-electron chi connectivity index (χ2n) is 7.95. The Morgan fingerprint density at radius 1 is 1.15 bits per heavy atom. The summed E-state index contributed by atoms with van der Waals surface area (Å²) in [5.41, 5.74) is 0.305. The fourth-order valence-electron chi connectivity index (χ4n) is 6.19. The van der Waals surface area contributed by atoms with Gasteiger partial charge in [0.05, 0.1) is 12.0 Å². The maximum atomic E-state index is 9.45. The average molecular weight is 275 g/mol. The summed E-state index contributed by atoms with van der Waals surface area (Å²) in [6.07, 6.45) is 8.63. The van der Waals surface area contributed by atoms with Crippen molar-refractivity contribution in [2.24, 2.45) is 40.9 Å². The van der Waals surface area contributed by atoms with Crippen LogP contribution in [0.2, 0.25) is 0 Å². The molecule has 1 N–H and O–H groups in total. The van der Waals surface area contributed by atoms with Gasteiger partial charge in [-0.25, -0.2) is 0 Å². The van der Waals surface area contributed by atoms with Gasteiger partial charge in [0, 0.05) is 6.61 Å². The molecule has 3 unspecified atom stereocenters. The molecule has 0 aromatic heterocycles. The van der Waals surface area contributed by atoms with Crippen LogP contribution in [0.3, 0.4) is 0 Å². The van der Waals surface area contributed by atoms with Gasteiger partial charge in [-0.15, -0.1) is 0 Å². The molecule has 0 aromatic rings. The van der Waals surface area contributed by atoms with Gasteiger partial charge in [-0.3, -0.25) is 0 Å². The van der Waals surface area contributed by atoms with Crippen LogP contribution in [0.1, 0.15) is 58.8 Å². The third kappa shape index (κ3) is 2.01. The van der Waals surface area contributed by atoms with Crippen molar-refractivity contribution in [2.75, 3.05) is 6.61 Å². The molecule has 2 nitrogen and oxygen atoms in total. The minimum atomic E-state index is 0.305. The Bertz CT molecular complexity index is 401. The average Bonchev–Trinajstić information content (AvgIpc) is 2.78. The standard InChI is InChI=1S/C18H29NO/c1-12-13(8-10-20)3-5-16-15(12)7-9-18(2)14(11-19)4-6-17(16)18/h12-17,20H,3-10H2,1-2H3/t12-,13-,14+,15?,16?,17?,18+/m0/s1. The van der Waals surface area contributed by atoms with E-state index < -0.39 is 0 Å². The van der Waals surface area contributed by atoms with Crippen molar-refractivity contribution in [2.45, 2.75) is 58.8 Å². The van der Waals surface area contributed by atoms with Gasteiger partial charge in [0.15, 0.2) is 0 Å². The van der Waals surface area contributed by atoms with Crippen LogP contribution in [0.15, 0.2) is 0 Å². The van der Waals surface area contributed by atoms with Crippen molar-refractivity contribution in [1.82, 2.24) is 0 Å². The normalized spacial score (nSPS) is 51.1. The molecular formula is C18H29NO. The zero-order valence-electron chi connectivity index (χ0n) is 13.0. The quantitative estimate of drug-likeness (QED) is 0.828. The number of rotatable bonds is 2. The number of aliphatic hydroxyl groups is 1. The number of hydrogen-bond acceptors (Lipinski definition) is 2. The Morgan fingerprint density at radius 3 is 2.65 bits per heavy atom. The molecule has 0 aromatic carbocycles. The summed E-state index contributed by atoms with van der Waals surface area (Å²) >= 11 is 0. The van der Waals surface area contributed by atoms with E-state index in [-0.39, 0.29) is 0 Å². The molecule has 0 spiro atoms. The molecule has 112 valence electrons. The largest absolute Gasteiger partial charge is 0.396 e. The Balaban J connectivity index is 1.78. The van der Waals surface area contributed by atoms with Gasteiger partial charge >= 0.3 is 0 Å². The fraction of sp³-hybridized carbons (Fsp3) is 0.944. The zero-order valence-corrected chi connectivity index (χ0v) is 13.0. The van der Waals surface area contributed by atoms with E-state index in [0.29, 0.717) is 17.9 Å². The first-order valence-electron chi connectivity index (χ1n) is 8.62. The summed E-state index contributed by atoms with van der Waals surface area (Å²) in [7, 11) is 0. The predicted molar refractivity (Wildman–Crippen MR) is 79.7 cm³/mol. The number of aliphatic hydroxyl groups excluding tert-OH is 1. The maximum absolute atomic E-state index is 9.45. The Labute approximate surface area is 123 Å². The van der Waals surface area contributed by atoms with E-state index in [1.807, 2.05) is 0 Å². The van der Waals surface area contributed by atoms with E-state index >= 15 is 0 Å². The first-order chi connectivity index (χ1) is 9.61. The number of nitriles is 1. The molecule has 2 heteroatoms. The summed E-state index contributed by atoms with van der Waals surface area (Å²) in [5.74, 6) is 4.32. The summed E-state index contributed by atoms with van der Waals surface area (Å²) < 4.78 is 0. The topological polar surface area (TPSA) is 44.0 Å². The van der Waals surface area contributed by atoms with Crippen LogP contribution in [0.4, 0.5) is 0 Å². The first-order valence-corrected chi connectivity index (χ1v) is 8.62. The molecule has 0 radical (unpaired) electrons. The van der Waals surface area contributed by atoms with Gasteiger partial charge in [0.25, 0.3) is 0 Å². The lowest BCUT2D eigenvalue weighted by Crippen LogP contribution is -2.46. The molecule has 0 heterocycles. The predicted octanol–water partition coefficient (Wildman–Crippen LogP) is 4.00. The highest BCUT2D eigenvalue weighted by atomic mass is 16.3. The fourth-order valence-corrected chi connectivity index (χ4v) is 6.19. The second kappa shape index (κ2) is 5.34. The number of hydrogen-bond donors (Lipinski definition) is 1. The Kier molecular flexibility index (Phi) is 3.84. The third-order valence-corrected chi connectivity index (χ3v) is 7.44. The van der Waals surface area contributed by atoms with Crippen LogP contribution in [0.25, 0.3) is 0 Å². The van der Waals surface area contributed by atoms with E-state index in [1.54, 1.807) is 0 Å². The highest BCUT2D eigenvalue weighted by molar-refractivity contribution is 5.09. The highest BCUT2D eigenvalue weighted by Crippen LogP contribution is 2.62. The van der Waals surface area contributed by atoms with Crippen molar-refractivity contribution in [3.8, 4) is 6.07 Å². The lowest BCUT2D eigenvalue weighted by molar-refractivity contribution is -0.0434. The lowest BCUT2D eigenvalue weighted by atomic mass is 9.51. The highest BCUT2D eigenvalue weighted by Gasteiger charge is 2.55. The molecule has 20 heavy (non-hydrogen) atoms. The molecule has 3 rings (SSSR count). The molecule has 0 aliphatic heterocycles. The van der Waals surface area contributed by atoms with Crippen LogP contribution >= 0.6 is 0 Å². The smallest absolute Gasteiger partial charge is 0.0661 e. The van der Waals surface area contributed by atoms with E-state index in [1.165, 1.54) is 32.1 Å². The minimum Gasteiger partial charge on any atom is -0.396 e. The van der Waals surface area contributed by atoms with E-state index in [9.17, 15) is 10.4 Å². The SMILES string of the molecule is C[C@@H]1C2CC[C@@]3(C)C(CC[C@@H]3C#N)C2CC[C@H]1CCO. The van der Waals surface area contributed by atoms with Gasteiger partial charge in [-0.05, 0) is 80.0 Å². The van der Waals surface area contributed by atoms with E-state index in [2.05, 4.69) is 19.9 Å². The summed E-state index contributed by atoms with van der Waals surface area (Å²) in [6.45, 7) is 5.18. The molecule has 0 saturated heterocycles. The molecule has 0 amide bonds. The summed E-state index contributed by atoms with van der Waals surface area (Å²) in [6, 6.07) is 2.61. The maximum Gasteiger partial charge on any atom is 0.0661 e. The zero-order chi connectivity index (χ0) is 14.3. The van der Waals surface area contributed by atoms with Crippen LogP contribution in [0.5, 0.6) is 0 Å². The molecule has 0 bridgehead atoms. The van der Waals surface area contributed by atoms with Crippen molar-refractivity contribution in [3.05, 3.63) is 0 Å². The molecule has 3 fully saturated rings. The Hall–Kier alpha value is -0.550. The third-order valence-electron chi connectivity index (χ3n) is 7.44. The van der Waals surface area contributed by atoms with Crippen LogP contribution in [-0.2, 0) is 0 Å². The molecular weight excluding hydrogens is 246 g/mol. The lowest BCUT2D eigenvalue weighted by Gasteiger charge is -2.53. The molecule has 7 atom stereocenters. The van der Waals surface area contributed by atoms with E-state index in [4.69, 9.17) is 0 Å². The van der Waals surface area contributed by atoms with Crippen LogP contribution in [-0.4, -0.2) is 11.7 Å². The van der Waals surface area contributed by atoms with Gasteiger partial charge in [-0.2, -0.15) is 5.26 Å². The summed E-state index contributed by atoms with van der Waals surface area (Å²) in [5, 5.41) is 18.7. The molecule has 3 aliphatic rings. The Morgan fingerprint density at radius 2 is 1.95 bits per heavy atom. The monoisotopic (exact) mass is 275 g/mol. The van der Waals surface area contributed by atoms with Gasteiger partial charge < -0.3 is 5.11 Å². The number of nitrogens with zero attached hydrogens (tertiary/aromatic N) is 1. The number of fused-ring (bicyclic) bond motifs is 3. The van der Waals surface area contributed by atoms with Gasteiger partial charge in [0.2, 0.25) is 0 Å². The van der Waals surface area contributed by atoms with Gasteiger partial charge in [0.1, 0.15) is 0 Å². The minimum absolute atomic E-state index is 0.305. The second-order valence-corrected chi connectivity index (χ2v) is 7.95. The van der Waals surface area contributed by atoms with Gasteiger partial charge in [-0.1, -0.05) is 13.8 Å².